The van der Waals surface area contributed by atoms with Crippen molar-refractivity contribution in [3.05, 3.63) is 29.1 Å². The standard InChI is InChI=1S/C16H23NO/c1-4-13-5-7-14(8-6-13)16(18)15-12(3)9-11(2)10-17-15/h9-10,13-14H,4-8H2,1-3H3. The molecule has 1 saturated carbocycles. The van der Waals surface area contributed by atoms with E-state index in [1.165, 1.54) is 19.3 Å². The Balaban J connectivity index is 2.08. The van der Waals surface area contributed by atoms with Gasteiger partial charge in [-0.2, -0.15) is 0 Å². The highest BCUT2D eigenvalue weighted by atomic mass is 16.1. The van der Waals surface area contributed by atoms with Crippen molar-refractivity contribution in [2.75, 3.05) is 0 Å². The van der Waals surface area contributed by atoms with Gasteiger partial charge in [0.15, 0.2) is 5.78 Å². The van der Waals surface area contributed by atoms with E-state index in [-0.39, 0.29) is 11.7 Å². The topological polar surface area (TPSA) is 30.0 Å². The monoisotopic (exact) mass is 245 g/mol. The third-order valence-electron chi connectivity index (χ3n) is 4.24. The van der Waals surface area contributed by atoms with E-state index >= 15 is 0 Å². The second kappa shape index (κ2) is 5.64. The SMILES string of the molecule is CCC1CCC(C(=O)c2ncc(C)cc2C)CC1. The summed E-state index contributed by atoms with van der Waals surface area (Å²) in [5.74, 6) is 1.31. The van der Waals surface area contributed by atoms with Crippen LogP contribution in [0.5, 0.6) is 0 Å². The molecule has 1 aromatic rings. The Morgan fingerprint density at radius 1 is 1.28 bits per heavy atom. The molecule has 2 heteroatoms. The summed E-state index contributed by atoms with van der Waals surface area (Å²) < 4.78 is 0. The van der Waals surface area contributed by atoms with E-state index < -0.39 is 0 Å². The van der Waals surface area contributed by atoms with Crippen molar-refractivity contribution in [1.82, 2.24) is 4.98 Å². The summed E-state index contributed by atoms with van der Waals surface area (Å²) in [5, 5.41) is 0. The number of pyridine rings is 1. The van der Waals surface area contributed by atoms with Crippen molar-refractivity contribution in [2.45, 2.75) is 52.9 Å². The van der Waals surface area contributed by atoms with Crippen LogP contribution in [0.2, 0.25) is 0 Å². The minimum Gasteiger partial charge on any atom is -0.292 e. The van der Waals surface area contributed by atoms with Crippen molar-refractivity contribution in [3.63, 3.8) is 0 Å². The van der Waals surface area contributed by atoms with Gasteiger partial charge in [0.1, 0.15) is 5.69 Å². The zero-order valence-corrected chi connectivity index (χ0v) is 11.7. The van der Waals surface area contributed by atoms with E-state index in [4.69, 9.17) is 0 Å². The van der Waals surface area contributed by atoms with Crippen LogP contribution in [0.4, 0.5) is 0 Å². The molecule has 0 aliphatic heterocycles. The quantitative estimate of drug-likeness (QED) is 0.750. The Hall–Kier alpha value is -1.18. The Morgan fingerprint density at radius 3 is 2.50 bits per heavy atom. The lowest BCUT2D eigenvalue weighted by atomic mass is 9.78. The van der Waals surface area contributed by atoms with Crippen molar-refractivity contribution < 1.29 is 4.79 Å². The molecule has 1 aliphatic rings. The lowest BCUT2D eigenvalue weighted by Crippen LogP contribution is -2.23. The van der Waals surface area contributed by atoms with Gasteiger partial charge in [-0.3, -0.25) is 9.78 Å². The predicted molar refractivity (Wildman–Crippen MR) is 73.8 cm³/mol. The lowest BCUT2D eigenvalue weighted by Gasteiger charge is -2.26. The largest absolute Gasteiger partial charge is 0.292 e. The van der Waals surface area contributed by atoms with Crippen LogP contribution in [0.15, 0.2) is 12.3 Å². The van der Waals surface area contributed by atoms with E-state index in [1.54, 1.807) is 6.20 Å². The fourth-order valence-electron chi connectivity index (χ4n) is 3.00. The molecular formula is C16H23NO. The molecule has 0 radical (unpaired) electrons. The number of ketones is 1. The molecule has 0 spiro atoms. The van der Waals surface area contributed by atoms with Crippen LogP contribution in [0.3, 0.4) is 0 Å². The highest BCUT2D eigenvalue weighted by Gasteiger charge is 2.27. The molecule has 0 saturated heterocycles. The van der Waals surface area contributed by atoms with Gasteiger partial charge in [0.05, 0.1) is 0 Å². The third kappa shape index (κ3) is 2.80. The Kier molecular flexibility index (Phi) is 4.15. The molecule has 0 N–H and O–H groups in total. The molecule has 1 aliphatic carbocycles. The van der Waals surface area contributed by atoms with E-state index in [1.807, 2.05) is 13.8 Å². The van der Waals surface area contributed by atoms with Crippen molar-refractivity contribution in [2.24, 2.45) is 11.8 Å². The number of hydrogen-bond donors (Lipinski definition) is 0. The molecule has 1 aromatic heterocycles. The highest BCUT2D eigenvalue weighted by Crippen LogP contribution is 2.32. The summed E-state index contributed by atoms with van der Waals surface area (Å²) in [5.41, 5.74) is 2.84. The zero-order valence-electron chi connectivity index (χ0n) is 11.7. The summed E-state index contributed by atoms with van der Waals surface area (Å²) in [6, 6.07) is 2.05. The maximum absolute atomic E-state index is 12.5. The molecule has 0 bridgehead atoms. The van der Waals surface area contributed by atoms with Crippen LogP contribution in [0, 0.1) is 25.7 Å². The number of nitrogens with zero attached hydrogens (tertiary/aromatic N) is 1. The Morgan fingerprint density at radius 2 is 1.94 bits per heavy atom. The minimum absolute atomic E-state index is 0.210. The minimum atomic E-state index is 0.210. The molecule has 1 fully saturated rings. The van der Waals surface area contributed by atoms with Gasteiger partial charge in [0, 0.05) is 12.1 Å². The molecule has 0 amide bonds. The number of Topliss-reactive ketones (excluding diaryl/α,β-unsaturated/α-hetero) is 1. The van der Waals surface area contributed by atoms with Gasteiger partial charge in [0.25, 0.3) is 0 Å². The second-order valence-corrected chi connectivity index (χ2v) is 5.67. The first-order valence-electron chi connectivity index (χ1n) is 7.09. The fourth-order valence-corrected chi connectivity index (χ4v) is 3.00. The smallest absolute Gasteiger partial charge is 0.184 e. The summed E-state index contributed by atoms with van der Waals surface area (Å²) >= 11 is 0. The maximum Gasteiger partial charge on any atom is 0.184 e. The molecule has 18 heavy (non-hydrogen) atoms. The van der Waals surface area contributed by atoms with Crippen LogP contribution in [-0.4, -0.2) is 10.8 Å². The second-order valence-electron chi connectivity index (χ2n) is 5.67. The van der Waals surface area contributed by atoms with Gasteiger partial charge < -0.3 is 0 Å². The molecule has 1 heterocycles. The molecule has 0 atom stereocenters. The van der Waals surface area contributed by atoms with E-state index in [9.17, 15) is 4.79 Å². The van der Waals surface area contributed by atoms with Crippen LogP contribution in [0.25, 0.3) is 0 Å². The van der Waals surface area contributed by atoms with Crippen LogP contribution < -0.4 is 0 Å². The van der Waals surface area contributed by atoms with E-state index in [0.717, 1.165) is 29.9 Å². The average Bonchev–Trinajstić information content (AvgIpc) is 2.38. The first-order valence-corrected chi connectivity index (χ1v) is 7.09. The van der Waals surface area contributed by atoms with Gasteiger partial charge in [-0.25, -0.2) is 0 Å². The van der Waals surface area contributed by atoms with Gasteiger partial charge >= 0.3 is 0 Å². The van der Waals surface area contributed by atoms with E-state index in [2.05, 4.69) is 18.0 Å². The zero-order chi connectivity index (χ0) is 13.1. The Labute approximate surface area is 110 Å². The highest BCUT2D eigenvalue weighted by molar-refractivity contribution is 5.97. The number of hydrogen-bond acceptors (Lipinski definition) is 2. The normalized spacial score (nSPS) is 23.9. The lowest BCUT2D eigenvalue weighted by molar-refractivity contribution is 0.0865. The van der Waals surface area contributed by atoms with Crippen molar-refractivity contribution in [1.29, 1.82) is 0 Å². The van der Waals surface area contributed by atoms with Gasteiger partial charge in [-0.1, -0.05) is 19.4 Å². The first kappa shape index (κ1) is 13.3. The third-order valence-corrected chi connectivity index (χ3v) is 4.24. The first-order chi connectivity index (χ1) is 8.61. The Bertz CT molecular complexity index is 431. The molecule has 0 aromatic carbocycles. The molecular weight excluding hydrogens is 222 g/mol. The number of aromatic nitrogens is 1. The van der Waals surface area contributed by atoms with E-state index in [0.29, 0.717) is 5.69 Å². The van der Waals surface area contributed by atoms with Crippen LogP contribution >= 0.6 is 0 Å². The molecule has 2 nitrogen and oxygen atoms in total. The average molecular weight is 245 g/mol. The molecule has 2 rings (SSSR count). The number of carbonyl (C=O) groups is 1. The number of rotatable bonds is 3. The number of aryl methyl sites for hydroxylation is 2. The summed E-state index contributed by atoms with van der Waals surface area (Å²) in [7, 11) is 0. The van der Waals surface area contributed by atoms with Crippen molar-refractivity contribution >= 4 is 5.78 Å². The van der Waals surface area contributed by atoms with Gasteiger partial charge in [-0.15, -0.1) is 0 Å². The summed E-state index contributed by atoms with van der Waals surface area (Å²) in [4.78, 5) is 16.8. The molecule has 0 unspecified atom stereocenters. The van der Waals surface area contributed by atoms with Crippen LogP contribution in [-0.2, 0) is 0 Å². The van der Waals surface area contributed by atoms with Crippen LogP contribution in [0.1, 0.15) is 60.6 Å². The number of carbonyl (C=O) groups excluding carboxylic acids is 1. The van der Waals surface area contributed by atoms with Gasteiger partial charge in [0.2, 0.25) is 0 Å². The molecule has 98 valence electrons. The summed E-state index contributed by atoms with van der Waals surface area (Å²) in [6.07, 6.45) is 7.56. The van der Waals surface area contributed by atoms with Gasteiger partial charge in [-0.05, 0) is 56.6 Å². The fraction of sp³-hybridized carbons (Fsp3) is 0.625. The summed E-state index contributed by atoms with van der Waals surface area (Å²) in [6.45, 7) is 6.25. The van der Waals surface area contributed by atoms with Crippen molar-refractivity contribution in [3.8, 4) is 0 Å². The predicted octanol–water partition coefficient (Wildman–Crippen LogP) is 4.10. The maximum atomic E-state index is 12.5.